The minimum Gasteiger partial charge on any atom is -0.379 e. The molecular formula is C20H23FN2O2. The van der Waals surface area contributed by atoms with Crippen molar-refractivity contribution in [1.29, 1.82) is 0 Å². The number of rotatable bonds is 6. The number of likely N-dealkylation sites (tertiary alicyclic amines) is 1. The lowest BCUT2D eigenvalue weighted by Gasteiger charge is -2.38. The van der Waals surface area contributed by atoms with Crippen LogP contribution in [-0.2, 0) is 17.9 Å². The first-order valence-corrected chi connectivity index (χ1v) is 8.58. The number of hydrogen-bond donors (Lipinski definition) is 2. The second-order valence-electron chi connectivity index (χ2n) is 6.58. The molecule has 0 aliphatic carbocycles. The highest BCUT2D eigenvalue weighted by molar-refractivity contribution is 5.86. The van der Waals surface area contributed by atoms with E-state index in [2.05, 4.69) is 5.32 Å². The van der Waals surface area contributed by atoms with Gasteiger partial charge < -0.3 is 15.3 Å². The topological polar surface area (TPSA) is 52.6 Å². The number of carbonyl (C=O) groups is 1. The second kappa shape index (κ2) is 7.76. The summed E-state index contributed by atoms with van der Waals surface area (Å²) in [4.78, 5) is 14.4. The number of nitrogens with zero attached hydrogens (tertiary/aromatic N) is 1. The third-order valence-corrected chi connectivity index (χ3v) is 4.58. The van der Waals surface area contributed by atoms with Gasteiger partial charge in [-0.25, -0.2) is 4.39 Å². The fraction of sp³-hybridized carbons (Fsp3) is 0.350. The van der Waals surface area contributed by atoms with E-state index < -0.39 is 5.60 Å². The largest absolute Gasteiger partial charge is 0.379 e. The van der Waals surface area contributed by atoms with Crippen LogP contribution < -0.4 is 5.32 Å². The number of aliphatic hydroxyl groups is 1. The third kappa shape index (κ3) is 4.44. The van der Waals surface area contributed by atoms with E-state index in [1.807, 2.05) is 30.3 Å². The standard InChI is InChI=1S/C20H23FN2O2/c21-18-9-7-17(8-10-18)14-23-12-4-11-20(25,19(23)24)15-22-13-16-5-2-1-3-6-16/h1-3,5-10,22,25H,4,11-15H2/t20-/m1/s1. The van der Waals surface area contributed by atoms with E-state index in [1.165, 1.54) is 12.1 Å². The first-order valence-electron chi connectivity index (χ1n) is 8.58. The Morgan fingerprint density at radius 2 is 1.80 bits per heavy atom. The molecule has 0 spiro atoms. The van der Waals surface area contributed by atoms with Crippen LogP contribution in [0.25, 0.3) is 0 Å². The molecule has 5 heteroatoms. The van der Waals surface area contributed by atoms with Gasteiger partial charge in [0.05, 0.1) is 0 Å². The first kappa shape index (κ1) is 17.6. The van der Waals surface area contributed by atoms with E-state index >= 15 is 0 Å². The zero-order valence-electron chi connectivity index (χ0n) is 14.1. The summed E-state index contributed by atoms with van der Waals surface area (Å²) in [5.74, 6) is -0.557. The SMILES string of the molecule is O=C1N(Cc2ccc(F)cc2)CCC[C@@]1(O)CNCc1ccccc1. The molecule has 0 aromatic heterocycles. The minimum absolute atomic E-state index is 0.223. The number of nitrogens with one attached hydrogen (secondary N) is 1. The lowest BCUT2D eigenvalue weighted by Crippen LogP contribution is -2.57. The van der Waals surface area contributed by atoms with Crippen molar-refractivity contribution >= 4 is 5.91 Å². The summed E-state index contributed by atoms with van der Waals surface area (Å²) in [5, 5.41) is 14.0. The highest BCUT2D eigenvalue weighted by Gasteiger charge is 2.41. The van der Waals surface area contributed by atoms with E-state index in [-0.39, 0.29) is 18.3 Å². The average Bonchev–Trinajstić information content (AvgIpc) is 2.62. The molecule has 0 bridgehead atoms. The van der Waals surface area contributed by atoms with E-state index in [0.29, 0.717) is 26.1 Å². The Hall–Kier alpha value is -2.24. The Morgan fingerprint density at radius 3 is 2.52 bits per heavy atom. The van der Waals surface area contributed by atoms with Crippen LogP contribution in [0.5, 0.6) is 0 Å². The van der Waals surface area contributed by atoms with Gasteiger partial charge >= 0.3 is 0 Å². The smallest absolute Gasteiger partial charge is 0.256 e. The molecule has 1 heterocycles. The number of amides is 1. The van der Waals surface area contributed by atoms with Crippen LogP contribution in [0.3, 0.4) is 0 Å². The maximum absolute atomic E-state index is 13.0. The van der Waals surface area contributed by atoms with Gasteiger partial charge in [-0.3, -0.25) is 4.79 Å². The molecule has 1 saturated heterocycles. The van der Waals surface area contributed by atoms with E-state index in [4.69, 9.17) is 0 Å². The van der Waals surface area contributed by atoms with Gasteiger partial charge in [0.1, 0.15) is 5.82 Å². The molecule has 1 aliphatic rings. The molecule has 0 unspecified atom stereocenters. The minimum atomic E-state index is -1.38. The zero-order valence-corrected chi connectivity index (χ0v) is 14.1. The number of hydrogen-bond acceptors (Lipinski definition) is 3. The Bertz CT molecular complexity index is 705. The molecule has 132 valence electrons. The Morgan fingerprint density at radius 1 is 1.08 bits per heavy atom. The van der Waals surface area contributed by atoms with Crippen LogP contribution in [0.15, 0.2) is 54.6 Å². The van der Waals surface area contributed by atoms with Crippen molar-refractivity contribution < 1.29 is 14.3 Å². The summed E-state index contributed by atoms with van der Waals surface area (Å²) in [7, 11) is 0. The van der Waals surface area contributed by atoms with Gasteiger partial charge in [0.2, 0.25) is 0 Å². The summed E-state index contributed by atoms with van der Waals surface area (Å²) in [6, 6.07) is 16.0. The molecule has 1 amide bonds. The number of piperidine rings is 1. The first-order chi connectivity index (χ1) is 12.1. The lowest BCUT2D eigenvalue weighted by atomic mass is 9.91. The number of benzene rings is 2. The second-order valence-corrected chi connectivity index (χ2v) is 6.58. The van der Waals surface area contributed by atoms with Gasteiger partial charge in [-0.1, -0.05) is 42.5 Å². The molecule has 0 saturated carbocycles. The van der Waals surface area contributed by atoms with Crippen LogP contribution in [0.2, 0.25) is 0 Å². The molecule has 1 atom stereocenters. The van der Waals surface area contributed by atoms with Gasteiger partial charge in [-0.2, -0.15) is 0 Å². The quantitative estimate of drug-likeness (QED) is 0.848. The third-order valence-electron chi connectivity index (χ3n) is 4.58. The number of halogens is 1. The lowest BCUT2D eigenvalue weighted by molar-refractivity contribution is -0.157. The molecule has 0 radical (unpaired) electrons. The van der Waals surface area contributed by atoms with Gasteiger partial charge in [-0.05, 0) is 36.1 Å². The number of carbonyl (C=O) groups excluding carboxylic acids is 1. The van der Waals surface area contributed by atoms with Gasteiger partial charge in [-0.15, -0.1) is 0 Å². The van der Waals surface area contributed by atoms with E-state index in [1.54, 1.807) is 17.0 Å². The van der Waals surface area contributed by atoms with Gasteiger partial charge in [0.15, 0.2) is 5.60 Å². The van der Waals surface area contributed by atoms with E-state index in [9.17, 15) is 14.3 Å². The molecule has 2 N–H and O–H groups in total. The maximum Gasteiger partial charge on any atom is 0.256 e. The van der Waals surface area contributed by atoms with Crippen molar-refractivity contribution in [1.82, 2.24) is 10.2 Å². The van der Waals surface area contributed by atoms with Gasteiger partial charge in [0, 0.05) is 26.2 Å². The monoisotopic (exact) mass is 342 g/mol. The van der Waals surface area contributed by atoms with Crippen LogP contribution in [0.4, 0.5) is 4.39 Å². The Kier molecular flexibility index (Phi) is 5.46. The van der Waals surface area contributed by atoms with Gasteiger partial charge in [0.25, 0.3) is 5.91 Å². The van der Waals surface area contributed by atoms with Crippen molar-refractivity contribution in [3.8, 4) is 0 Å². The highest BCUT2D eigenvalue weighted by atomic mass is 19.1. The summed E-state index contributed by atoms with van der Waals surface area (Å²) in [6.07, 6.45) is 1.20. The molecule has 2 aromatic carbocycles. The van der Waals surface area contributed by atoms with Crippen LogP contribution in [0.1, 0.15) is 24.0 Å². The van der Waals surface area contributed by atoms with Crippen molar-refractivity contribution in [2.45, 2.75) is 31.5 Å². The summed E-state index contributed by atoms with van der Waals surface area (Å²) in [5.41, 5.74) is 0.585. The molecule has 1 fully saturated rings. The van der Waals surface area contributed by atoms with Crippen molar-refractivity contribution in [3.63, 3.8) is 0 Å². The maximum atomic E-state index is 13.0. The van der Waals surface area contributed by atoms with Crippen molar-refractivity contribution in [2.75, 3.05) is 13.1 Å². The molecule has 3 rings (SSSR count). The Balaban J connectivity index is 1.59. The molecule has 1 aliphatic heterocycles. The molecule has 4 nitrogen and oxygen atoms in total. The Labute approximate surface area is 147 Å². The van der Waals surface area contributed by atoms with Crippen molar-refractivity contribution in [2.24, 2.45) is 0 Å². The fourth-order valence-corrected chi connectivity index (χ4v) is 3.20. The molecule has 25 heavy (non-hydrogen) atoms. The predicted octanol–water partition coefficient (Wildman–Crippen LogP) is 2.47. The van der Waals surface area contributed by atoms with Crippen LogP contribution in [-0.4, -0.2) is 34.6 Å². The normalized spacial score (nSPS) is 20.7. The highest BCUT2D eigenvalue weighted by Crippen LogP contribution is 2.24. The van der Waals surface area contributed by atoms with E-state index in [0.717, 1.165) is 17.5 Å². The summed E-state index contributed by atoms with van der Waals surface area (Å²) >= 11 is 0. The van der Waals surface area contributed by atoms with Crippen molar-refractivity contribution in [3.05, 3.63) is 71.5 Å². The molecule has 2 aromatic rings. The summed E-state index contributed by atoms with van der Waals surface area (Å²) in [6.45, 7) is 1.83. The molecular weight excluding hydrogens is 319 g/mol. The summed E-state index contributed by atoms with van der Waals surface area (Å²) < 4.78 is 13.0. The predicted molar refractivity (Wildman–Crippen MR) is 94.1 cm³/mol. The van der Waals surface area contributed by atoms with Crippen LogP contribution in [0, 0.1) is 5.82 Å². The fourth-order valence-electron chi connectivity index (χ4n) is 3.20. The zero-order chi connectivity index (χ0) is 17.7. The van der Waals surface area contributed by atoms with Crippen LogP contribution >= 0.6 is 0 Å². The average molecular weight is 342 g/mol.